The van der Waals surface area contributed by atoms with Gasteiger partial charge in [-0.2, -0.15) is 0 Å². The maximum atomic E-state index is 12.4. The lowest BCUT2D eigenvalue weighted by Gasteiger charge is -2.39. The van der Waals surface area contributed by atoms with E-state index in [4.69, 9.17) is 9.72 Å². The molecular formula is C33H41BrN8O2. The van der Waals surface area contributed by atoms with E-state index in [0.29, 0.717) is 19.1 Å². The van der Waals surface area contributed by atoms with Crippen LogP contribution in [0.2, 0.25) is 0 Å². The second-order valence-corrected chi connectivity index (χ2v) is 13.5. The maximum Gasteiger partial charge on any atom is 0.410 e. The first-order valence-corrected chi connectivity index (χ1v) is 16.2. The number of carbonyl (C=O) groups excluding carboxylic acids is 1. The van der Waals surface area contributed by atoms with Crippen LogP contribution < -0.4 is 4.90 Å². The Kier molecular flexibility index (Phi) is 8.89. The number of nitrogens with zero attached hydrogens (tertiary/aromatic N) is 7. The van der Waals surface area contributed by atoms with Crippen molar-refractivity contribution in [2.75, 3.05) is 57.3 Å². The maximum absolute atomic E-state index is 12.4. The molecule has 44 heavy (non-hydrogen) atoms. The average Bonchev–Trinajstić information content (AvgIpc) is 3.45. The summed E-state index contributed by atoms with van der Waals surface area (Å²) in [5.74, 6) is 0.814. The van der Waals surface area contributed by atoms with Crippen LogP contribution in [0.25, 0.3) is 22.6 Å². The lowest BCUT2D eigenvalue weighted by molar-refractivity contribution is 0.0139. The predicted octanol–water partition coefficient (Wildman–Crippen LogP) is 5.72. The van der Waals surface area contributed by atoms with E-state index in [-0.39, 0.29) is 6.09 Å². The van der Waals surface area contributed by atoms with E-state index in [2.05, 4.69) is 88.9 Å². The quantitative estimate of drug-likeness (QED) is 0.281. The highest BCUT2D eigenvalue weighted by Crippen LogP contribution is 2.35. The number of piperazine rings is 2. The number of aromatic amines is 1. The number of imidazole rings is 1. The van der Waals surface area contributed by atoms with Crippen LogP contribution in [0.4, 0.5) is 10.5 Å². The van der Waals surface area contributed by atoms with Crippen LogP contribution in [0.15, 0.2) is 59.5 Å². The number of pyridine rings is 2. The number of carbonyl (C=O) groups is 1. The molecule has 6 rings (SSSR count). The molecule has 0 saturated carbocycles. The van der Waals surface area contributed by atoms with Crippen molar-refractivity contribution >= 4 is 38.9 Å². The highest BCUT2D eigenvalue weighted by atomic mass is 79.9. The number of nitrogens with one attached hydrogen (secondary N) is 1. The first-order chi connectivity index (χ1) is 21.1. The van der Waals surface area contributed by atoms with Crippen LogP contribution in [0.3, 0.4) is 0 Å². The Bertz CT molecular complexity index is 1570. The minimum Gasteiger partial charge on any atom is -0.444 e. The summed E-state index contributed by atoms with van der Waals surface area (Å²) >= 11 is 3.77. The number of anilines is 1. The molecule has 1 N–H and O–H groups in total. The minimum absolute atomic E-state index is 0.227. The number of hydrogen-bond donors (Lipinski definition) is 1. The average molecular weight is 662 g/mol. The first kappa shape index (κ1) is 30.5. The summed E-state index contributed by atoms with van der Waals surface area (Å²) in [5, 5.41) is 0. The molecule has 4 aromatic rings. The van der Waals surface area contributed by atoms with E-state index in [1.165, 1.54) is 11.1 Å². The lowest BCUT2D eigenvalue weighted by Crippen LogP contribution is -2.49. The molecule has 0 aliphatic carbocycles. The van der Waals surface area contributed by atoms with Gasteiger partial charge < -0.3 is 19.5 Å². The fourth-order valence-corrected chi connectivity index (χ4v) is 6.52. The summed E-state index contributed by atoms with van der Waals surface area (Å²) in [4.78, 5) is 38.8. The molecule has 3 aromatic heterocycles. The summed E-state index contributed by atoms with van der Waals surface area (Å²) in [7, 11) is 0. The van der Waals surface area contributed by atoms with Crippen molar-refractivity contribution in [3.8, 4) is 11.4 Å². The van der Waals surface area contributed by atoms with Gasteiger partial charge in [-0.1, -0.05) is 24.3 Å². The van der Waals surface area contributed by atoms with Gasteiger partial charge in [0.15, 0.2) is 5.65 Å². The molecule has 1 amide bonds. The first-order valence-electron chi connectivity index (χ1n) is 15.4. The molecule has 10 nitrogen and oxygen atoms in total. The Balaban J connectivity index is 1.09. The Hall–Kier alpha value is -3.54. The van der Waals surface area contributed by atoms with Gasteiger partial charge in [0, 0.05) is 89.1 Å². The molecule has 0 spiro atoms. The van der Waals surface area contributed by atoms with Gasteiger partial charge in [0.1, 0.15) is 16.9 Å². The molecule has 11 heteroatoms. The van der Waals surface area contributed by atoms with Gasteiger partial charge in [-0.25, -0.2) is 14.8 Å². The highest BCUT2D eigenvalue weighted by molar-refractivity contribution is 9.10. The van der Waals surface area contributed by atoms with E-state index in [9.17, 15) is 4.79 Å². The monoisotopic (exact) mass is 660 g/mol. The zero-order valence-electron chi connectivity index (χ0n) is 26.0. The Morgan fingerprint density at radius 1 is 0.977 bits per heavy atom. The third kappa shape index (κ3) is 6.90. The fraction of sp³-hybridized carbons (Fsp3) is 0.455. The summed E-state index contributed by atoms with van der Waals surface area (Å²) in [5.41, 5.74) is 5.85. The van der Waals surface area contributed by atoms with Crippen molar-refractivity contribution in [3.63, 3.8) is 0 Å². The number of aromatic nitrogens is 4. The fourth-order valence-electron chi connectivity index (χ4n) is 5.98. The number of amides is 1. The molecule has 0 bridgehead atoms. The standard InChI is InChI=1S/C33H41BrN8O2/c1-23(25-9-11-35-12-10-25)40-17-19-41(20-18-40)29-27(34)21-36-31-28(29)37-30(38-31)26-7-5-24(6-8-26)22-39-13-15-42(16-14-39)32(43)44-33(2,3)4/h5-12,21,23H,13-20,22H2,1-4H3,(H,36,37,38). The smallest absolute Gasteiger partial charge is 0.410 e. The van der Waals surface area contributed by atoms with E-state index >= 15 is 0 Å². The second-order valence-electron chi connectivity index (χ2n) is 12.7. The molecule has 2 saturated heterocycles. The van der Waals surface area contributed by atoms with Crippen molar-refractivity contribution < 1.29 is 9.53 Å². The van der Waals surface area contributed by atoms with Crippen molar-refractivity contribution in [1.82, 2.24) is 34.6 Å². The van der Waals surface area contributed by atoms with Crippen molar-refractivity contribution in [1.29, 1.82) is 0 Å². The van der Waals surface area contributed by atoms with Crippen LogP contribution in [-0.4, -0.2) is 98.7 Å². The van der Waals surface area contributed by atoms with Gasteiger partial charge in [-0.3, -0.25) is 14.8 Å². The van der Waals surface area contributed by atoms with Crippen LogP contribution in [0.5, 0.6) is 0 Å². The zero-order valence-corrected chi connectivity index (χ0v) is 27.5. The van der Waals surface area contributed by atoms with Gasteiger partial charge in [0.25, 0.3) is 0 Å². The molecule has 1 atom stereocenters. The van der Waals surface area contributed by atoms with Gasteiger partial charge in [-0.05, 0) is 66.9 Å². The molecule has 2 fully saturated rings. The minimum atomic E-state index is -0.473. The highest BCUT2D eigenvalue weighted by Gasteiger charge is 2.27. The topological polar surface area (TPSA) is 93.7 Å². The second kappa shape index (κ2) is 12.8. The van der Waals surface area contributed by atoms with Crippen LogP contribution in [-0.2, 0) is 11.3 Å². The largest absolute Gasteiger partial charge is 0.444 e. The predicted molar refractivity (Wildman–Crippen MR) is 177 cm³/mol. The summed E-state index contributed by atoms with van der Waals surface area (Å²) in [6.07, 6.45) is 5.38. The van der Waals surface area contributed by atoms with Crippen LogP contribution in [0.1, 0.15) is 44.9 Å². The molecule has 232 valence electrons. The number of fused-ring (bicyclic) bond motifs is 1. The zero-order chi connectivity index (χ0) is 30.8. The third-order valence-corrected chi connectivity index (χ3v) is 9.05. The SMILES string of the molecule is CC(c1ccncc1)N1CCN(c2c(Br)cnc3[nH]c(-c4ccc(CN5CCN(C(=O)OC(C)(C)C)CC5)cc4)nc23)CC1. The molecule has 5 heterocycles. The van der Waals surface area contributed by atoms with E-state index in [1.807, 2.05) is 39.4 Å². The molecule has 2 aliphatic rings. The van der Waals surface area contributed by atoms with Crippen molar-refractivity contribution in [2.45, 2.75) is 45.9 Å². The Morgan fingerprint density at radius 3 is 2.32 bits per heavy atom. The molecule has 2 aliphatic heterocycles. The Labute approximate surface area is 267 Å². The molecular weight excluding hydrogens is 620 g/mol. The Morgan fingerprint density at radius 2 is 1.66 bits per heavy atom. The van der Waals surface area contributed by atoms with Gasteiger partial charge in [-0.15, -0.1) is 0 Å². The number of hydrogen-bond acceptors (Lipinski definition) is 8. The van der Waals surface area contributed by atoms with Crippen molar-refractivity contribution in [3.05, 3.63) is 70.6 Å². The normalized spacial score (nSPS) is 17.7. The van der Waals surface area contributed by atoms with Crippen LogP contribution in [0, 0.1) is 0 Å². The van der Waals surface area contributed by atoms with Gasteiger partial charge in [0.05, 0.1) is 10.2 Å². The molecule has 1 aromatic carbocycles. The number of benzene rings is 1. The van der Waals surface area contributed by atoms with Crippen LogP contribution >= 0.6 is 15.9 Å². The summed E-state index contributed by atoms with van der Waals surface area (Å²) in [6, 6.07) is 13.1. The number of halogens is 1. The lowest BCUT2D eigenvalue weighted by atomic mass is 10.1. The molecule has 0 radical (unpaired) electrons. The number of ether oxygens (including phenoxy) is 1. The number of H-pyrrole nitrogens is 1. The van der Waals surface area contributed by atoms with Crippen molar-refractivity contribution in [2.24, 2.45) is 0 Å². The summed E-state index contributed by atoms with van der Waals surface area (Å²) < 4.78 is 6.49. The van der Waals surface area contributed by atoms with Gasteiger partial charge in [0.2, 0.25) is 0 Å². The van der Waals surface area contributed by atoms with E-state index in [1.54, 1.807) is 4.90 Å². The van der Waals surface area contributed by atoms with E-state index in [0.717, 1.165) is 78.5 Å². The molecule has 1 unspecified atom stereocenters. The number of rotatable bonds is 6. The third-order valence-electron chi connectivity index (χ3n) is 8.47. The van der Waals surface area contributed by atoms with E-state index < -0.39 is 5.60 Å². The van der Waals surface area contributed by atoms with Gasteiger partial charge >= 0.3 is 6.09 Å². The summed E-state index contributed by atoms with van der Waals surface area (Å²) in [6.45, 7) is 15.6.